The molecule has 4 rings (SSSR count). The van der Waals surface area contributed by atoms with E-state index in [0.717, 1.165) is 31.6 Å². The first-order valence-corrected chi connectivity index (χ1v) is 9.06. The Labute approximate surface area is 156 Å². The molecule has 2 aliphatic heterocycles. The van der Waals surface area contributed by atoms with Crippen LogP contribution in [-0.4, -0.2) is 47.6 Å². The Balaban J connectivity index is 1.41. The monoisotopic (exact) mass is 373 g/mol. The first kappa shape index (κ1) is 18.0. The zero-order chi connectivity index (χ0) is 18.9. The summed E-state index contributed by atoms with van der Waals surface area (Å²) in [6.45, 7) is 2.69. The lowest BCUT2D eigenvalue weighted by atomic mass is 9.89. The van der Waals surface area contributed by atoms with E-state index in [4.69, 9.17) is 4.74 Å². The number of benzene rings is 1. The largest absolute Gasteiger partial charge is 0.363 e. The lowest BCUT2D eigenvalue weighted by Gasteiger charge is -2.47. The van der Waals surface area contributed by atoms with Crippen LogP contribution in [0.15, 0.2) is 42.6 Å². The predicted molar refractivity (Wildman–Crippen MR) is 96.1 cm³/mol. The molecule has 3 heterocycles. The number of carbonyl (C=O) groups excluding carboxylic acids is 1. The van der Waals surface area contributed by atoms with Crippen molar-refractivity contribution in [2.75, 3.05) is 31.1 Å². The molecule has 0 radical (unpaired) electrons. The maximum absolute atomic E-state index is 13.6. The van der Waals surface area contributed by atoms with E-state index < -0.39 is 5.60 Å². The second-order valence-corrected chi connectivity index (χ2v) is 7.18. The second kappa shape index (κ2) is 7.32. The average molecular weight is 373 g/mol. The smallest absolute Gasteiger partial charge is 0.253 e. The van der Waals surface area contributed by atoms with Crippen LogP contribution in [0, 0.1) is 11.6 Å². The number of likely N-dealkylation sites (tertiary alicyclic amines) is 1. The van der Waals surface area contributed by atoms with Gasteiger partial charge in [0, 0.05) is 25.3 Å². The Morgan fingerprint density at radius 3 is 2.63 bits per heavy atom. The molecule has 7 heteroatoms. The van der Waals surface area contributed by atoms with Crippen molar-refractivity contribution < 1.29 is 18.3 Å². The van der Waals surface area contributed by atoms with Gasteiger partial charge < -0.3 is 9.64 Å². The van der Waals surface area contributed by atoms with E-state index in [1.54, 1.807) is 23.1 Å². The van der Waals surface area contributed by atoms with Crippen LogP contribution in [0.3, 0.4) is 0 Å². The molecule has 2 aliphatic rings. The third-order valence-electron chi connectivity index (χ3n) is 5.31. The van der Waals surface area contributed by atoms with E-state index in [-0.39, 0.29) is 24.1 Å². The molecule has 27 heavy (non-hydrogen) atoms. The summed E-state index contributed by atoms with van der Waals surface area (Å²) in [5.41, 5.74) is 0.988. The minimum absolute atomic E-state index is 0.00995. The number of carbonyl (C=O) groups is 1. The highest BCUT2D eigenvalue weighted by molar-refractivity contribution is 5.95. The quantitative estimate of drug-likeness (QED) is 0.830. The van der Waals surface area contributed by atoms with Crippen molar-refractivity contribution in [3.05, 3.63) is 59.9 Å². The van der Waals surface area contributed by atoms with E-state index in [9.17, 15) is 13.6 Å². The second-order valence-electron chi connectivity index (χ2n) is 7.18. The molecule has 2 aromatic rings. The molecule has 0 bridgehead atoms. The summed E-state index contributed by atoms with van der Waals surface area (Å²) in [5, 5.41) is 0. The van der Waals surface area contributed by atoms with Crippen LogP contribution in [0.25, 0.3) is 0 Å². The van der Waals surface area contributed by atoms with Crippen LogP contribution in [0.5, 0.6) is 0 Å². The van der Waals surface area contributed by atoms with Crippen LogP contribution in [0.2, 0.25) is 0 Å². The third kappa shape index (κ3) is 3.99. The molecule has 2 saturated heterocycles. The van der Waals surface area contributed by atoms with Crippen molar-refractivity contribution in [3.8, 4) is 0 Å². The number of morpholine rings is 1. The number of pyridine rings is 1. The number of hydrogen-bond acceptors (Lipinski definition) is 4. The van der Waals surface area contributed by atoms with E-state index in [1.165, 1.54) is 24.4 Å². The number of piperidine rings is 1. The molecular formula is C20H21F2N3O2. The van der Waals surface area contributed by atoms with Gasteiger partial charge in [-0.25, -0.2) is 8.78 Å². The maximum Gasteiger partial charge on any atom is 0.253 e. The molecule has 1 aromatic carbocycles. The fourth-order valence-electron chi connectivity index (χ4n) is 3.74. The van der Waals surface area contributed by atoms with Gasteiger partial charge in [0.2, 0.25) is 0 Å². The minimum atomic E-state index is -0.410. The molecule has 2 fully saturated rings. The SMILES string of the molecule is O=C1COC2(CCN(Cc3ccc(F)cn3)CC2)CN1c1cccc(F)c1. The van der Waals surface area contributed by atoms with Gasteiger partial charge in [-0.05, 0) is 43.2 Å². The number of rotatable bonds is 3. The summed E-state index contributed by atoms with van der Waals surface area (Å²) >= 11 is 0. The fourth-order valence-corrected chi connectivity index (χ4v) is 3.74. The van der Waals surface area contributed by atoms with Gasteiger partial charge in [0.05, 0.1) is 24.0 Å². The van der Waals surface area contributed by atoms with Crippen LogP contribution in [0.1, 0.15) is 18.5 Å². The Bertz CT molecular complexity index is 820. The van der Waals surface area contributed by atoms with Gasteiger partial charge in [-0.15, -0.1) is 0 Å². The number of anilines is 1. The van der Waals surface area contributed by atoms with E-state index in [2.05, 4.69) is 9.88 Å². The molecule has 0 atom stereocenters. The number of nitrogens with zero attached hydrogens (tertiary/aromatic N) is 3. The van der Waals surface area contributed by atoms with Gasteiger partial charge in [-0.2, -0.15) is 0 Å². The highest BCUT2D eigenvalue weighted by Crippen LogP contribution is 2.33. The summed E-state index contributed by atoms with van der Waals surface area (Å²) in [6.07, 6.45) is 2.77. The zero-order valence-corrected chi connectivity index (χ0v) is 14.9. The van der Waals surface area contributed by atoms with Crippen molar-refractivity contribution in [2.45, 2.75) is 25.0 Å². The van der Waals surface area contributed by atoms with Crippen molar-refractivity contribution >= 4 is 11.6 Å². The summed E-state index contributed by atoms with van der Waals surface area (Å²) in [6, 6.07) is 9.22. The minimum Gasteiger partial charge on any atom is -0.363 e. The van der Waals surface area contributed by atoms with Crippen molar-refractivity contribution in [2.24, 2.45) is 0 Å². The molecule has 5 nitrogen and oxygen atoms in total. The van der Waals surface area contributed by atoms with E-state index in [0.29, 0.717) is 18.8 Å². The molecule has 0 aliphatic carbocycles. The van der Waals surface area contributed by atoms with E-state index in [1.807, 2.05) is 0 Å². The average Bonchev–Trinajstić information content (AvgIpc) is 2.68. The normalized spacial score (nSPS) is 20.2. The summed E-state index contributed by atoms with van der Waals surface area (Å²) < 4.78 is 32.5. The highest BCUT2D eigenvalue weighted by Gasteiger charge is 2.42. The molecule has 0 unspecified atom stereocenters. The van der Waals surface area contributed by atoms with Crippen LogP contribution < -0.4 is 4.90 Å². The van der Waals surface area contributed by atoms with Crippen LogP contribution in [0.4, 0.5) is 14.5 Å². The Morgan fingerprint density at radius 2 is 1.93 bits per heavy atom. The topological polar surface area (TPSA) is 45.7 Å². The first-order chi connectivity index (χ1) is 13.0. The first-order valence-electron chi connectivity index (χ1n) is 9.06. The van der Waals surface area contributed by atoms with Crippen molar-refractivity contribution in [1.82, 2.24) is 9.88 Å². The van der Waals surface area contributed by atoms with Gasteiger partial charge in [-0.3, -0.25) is 14.7 Å². The Hall–Kier alpha value is -2.38. The van der Waals surface area contributed by atoms with Crippen LogP contribution >= 0.6 is 0 Å². The summed E-state index contributed by atoms with van der Waals surface area (Å²) in [4.78, 5) is 20.3. The van der Waals surface area contributed by atoms with Crippen molar-refractivity contribution in [3.63, 3.8) is 0 Å². The van der Waals surface area contributed by atoms with Gasteiger partial charge in [0.15, 0.2) is 0 Å². The third-order valence-corrected chi connectivity index (χ3v) is 5.31. The van der Waals surface area contributed by atoms with Crippen LogP contribution in [-0.2, 0) is 16.1 Å². The number of aromatic nitrogens is 1. The van der Waals surface area contributed by atoms with Gasteiger partial charge in [0.1, 0.15) is 18.2 Å². The van der Waals surface area contributed by atoms with E-state index >= 15 is 0 Å². The summed E-state index contributed by atoms with van der Waals surface area (Å²) in [5.74, 6) is -0.847. The lowest BCUT2D eigenvalue weighted by molar-refractivity contribution is -0.145. The standard InChI is InChI=1S/C20H21F2N3O2/c21-15-2-1-3-18(10-15)25-14-20(27-13-19(25)26)6-8-24(9-7-20)12-17-5-4-16(22)11-23-17/h1-5,10-11H,6-9,12-14H2. The zero-order valence-electron chi connectivity index (χ0n) is 14.9. The molecule has 0 saturated carbocycles. The molecule has 1 amide bonds. The molecular weight excluding hydrogens is 352 g/mol. The number of amides is 1. The molecule has 0 N–H and O–H groups in total. The van der Waals surface area contributed by atoms with Crippen molar-refractivity contribution in [1.29, 1.82) is 0 Å². The molecule has 1 aromatic heterocycles. The number of halogens is 2. The Morgan fingerprint density at radius 1 is 1.11 bits per heavy atom. The maximum atomic E-state index is 13.6. The fraction of sp³-hybridized carbons (Fsp3) is 0.400. The molecule has 1 spiro atoms. The summed E-state index contributed by atoms with van der Waals surface area (Å²) in [7, 11) is 0. The number of hydrogen-bond donors (Lipinski definition) is 0. The van der Waals surface area contributed by atoms with Gasteiger partial charge in [-0.1, -0.05) is 6.07 Å². The van der Waals surface area contributed by atoms with Gasteiger partial charge in [0.25, 0.3) is 5.91 Å². The number of ether oxygens (including phenoxy) is 1. The highest BCUT2D eigenvalue weighted by atomic mass is 19.1. The molecule has 142 valence electrons. The van der Waals surface area contributed by atoms with Gasteiger partial charge >= 0.3 is 0 Å². The predicted octanol–water partition coefficient (Wildman–Crippen LogP) is 2.76. The Kier molecular flexibility index (Phi) is 4.88. The lowest BCUT2D eigenvalue weighted by Crippen LogP contribution is -2.58.